The Bertz CT molecular complexity index is 1980. The third-order valence-corrected chi connectivity index (χ3v) is 10.7. The average molecular weight is 789 g/mol. The van der Waals surface area contributed by atoms with Gasteiger partial charge in [0.15, 0.2) is 0 Å². The molecule has 0 aliphatic rings. The summed E-state index contributed by atoms with van der Waals surface area (Å²) >= 11 is 0. The quantitative estimate of drug-likeness (QED) is 0.108. The first-order valence-corrected chi connectivity index (χ1v) is 21.4. The average Bonchev–Trinajstić information content (AvgIpc) is 3.15. The molecule has 0 aliphatic carbocycles. The minimum Gasteiger partial charge on any atom is -0.386 e. The number of nitrogens with zero attached hydrogens (tertiary/aromatic N) is 1. The van der Waals surface area contributed by atoms with E-state index in [2.05, 4.69) is 236 Å². The van der Waals surface area contributed by atoms with Crippen molar-refractivity contribution < 1.29 is 0 Å². The Morgan fingerprint density at radius 3 is 1.53 bits per heavy atom. The van der Waals surface area contributed by atoms with Crippen LogP contribution >= 0.6 is 0 Å². The van der Waals surface area contributed by atoms with Crippen molar-refractivity contribution in [3.63, 3.8) is 0 Å². The summed E-state index contributed by atoms with van der Waals surface area (Å²) in [6, 6.07) is 26.7. The van der Waals surface area contributed by atoms with E-state index in [9.17, 15) is 0 Å². The standard InChI is InChI=1S/C57H76N2/c1-42(23-21-19-18-20-22-40-58-44(3)24-28-48(54(6,7)8)29-25-47-26-30-49(31-27-47)55(9,10)11)45(4)46(5)43(2)41-59(52-36-32-50(33-37-52)56(12,13)14)53-38-34-51(35-39-53)57(15,16)17/h18-19,21,23-24,26-39,41,58H,1,3-5,20,22,25,40H2,2,6-17H3/b19-18-,23-21-,28-24-,43-41+,48-29+. The lowest BCUT2D eigenvalue weighted by Crippen LogP contribution is -2.14. The van der Waals surface area contributed by atoms with Gasteiger partial charge < -0.3 is 10.2 Å². The molecule has 0 atom stereocenters. The van der Waals surface area contributed by atoms with Crippen LogP contribution in [0.2, 0.25) is 0 Å². The number of unbranched alkanes of at least 4 members (excludes halogenated alkanes) is 1. The highest BCUT2D eigenvalue weighted by molar-refractivity contribution is 5.69. The van der Waals surface area contributed by atoms with Crippen molar-refractivity contribution in [3.05, 3.63) is 204 Å². The molecule has 3 aromatic rings. The zero-order chi connectivity index (χ0) is 44.2. The number of hydrogen-bond acceptors (Lipinski definition) is 2. The van der Waals surface area contributed by atoms with Gasteiger partial charge in [-0.1, -0.05) is 194 Å². The van der Waals surface area contributed by atoms with E-state index in [0.29, 0.717) is 0 Å². The molecular formula is C57H76N2. The van der Waals surface area contributed by atoms with Gasteiger partial charge in [-0.3, -0.25) is 0 Å². The van der Waals surface area contributed by atoms with Crippen molar-refractivity contribution in [1.29, 1.82) is 0 Å². The Morgan fingerprint density at radius 1 is 0.593 bits per heavy atom. The molecule has 0 heterocycles. The highest BCUT2D eigenvalue weighted by Gasteiger charge is 2.18. The van der Waals surface area contributed by atoms with Gasteiger partial charge in [-0.05, 0) is 128 Å². The van der Waals surface area contributed by atoms with Crippen LogP contribution in [0.5, 0.6) is 0 Å². The monoisotopic (exact) mass is 789 g/mol. The second-order valence-electron chi connectivity index (χ2n) is 20.0. The lowest BCUT2D eigenvalue weighted by Gasteiger charge is -2.26. The number of anilines is 2. The first kappa shape index (κ1) is 48.3. The second kappa shape index (κ2) is 20.7. The van der Waals surface area contributed by atoms with E-state index in [-0.39, 0.29) is 21.7 Å². The number of allylic oxidation sites excluding steroid dienone is 12. The summed E-state index contributed by atoms with van der Waals surface area (Å²) in [7, 11) is 0. The second-order valence-corrected chi connectivity index (χ2v) is 20.0. The SMILES string of the molecule is C=C(/C=C\C(=C/Cc1ccc(C(C)(C)C)cc1)C(C)(C)C)NCCC/C=C\C=C/C(=C)C(=C)C(=C)/C(C)=C/N(c1ccc(C(C)(C)C)cc1)c1ccc(C(C)(C)C)cc1. The highest BCUT2D eigenvalue weighted by Crippen LogP contribution is 2.34. The fourth-order valence-electron chi connectivity index (χ4n) is 6.40. The molecule has 0 spiro atoms. The van der Waals surface area contributed by atoms with E-state index in [1.54, 1.807) is 0 Å². The Balaban J connectivity index is 1.55. The van der Waals surface area contributed by atoms with E-state index in [0.717, 1.165) is 65.2 Å². The van der Waals surface area contributed by atoms with Crippen molar-refractivity contribution in [3.8, 4) is 0 Å². The van der Waals surface area contributed by atoms with Crippen LogP contribution in [0, 0.1) is 5.41 Å². The molecule has 3 rings (SSSR count). The molecule has 59 heavy (non-hydrogen) atoms. The molecule has 0 saturated carbocycles. The van der Waals surface area contributed by atoms with E-state index >= 15 is 0 Å². The van der Waals surface area contributed by atoms with Crippen molar-refractivity contribution in [2.75, 3.05) is 11.4 Å². The Morgan fingerprint density at radius 2 is 1.07 bits per heavy atom. The summed E-state index contributed by atoms with van der Waals surface area (Å²) in [6.07, 6.45) is 20.0. The maximum absolute atomic E-state index is 4.44. The summed E-state index contributed by atoms with van der Waals surface area (Å²) in [5.41, 5.74) is 13.7. The van der Waals surface area contributed by atoms with Crippen molar-refractivity contribution >= 4 is 11.4 Å². The predicted molar refractivity (Wildman–Crippen MR) is 264 cm³/mol. The van der Waals surface area contributed by atoms with Gasteiger partial charge in [0.1, 0.15) is 0 Å². The normalized spacial score (nSPS) is 13.4. The van der Waals surface area contributed by atoms with Crippen LogP contribution in [0.4, 0.5) is 11.4 Å². The molecule has 0 fully saturated rings. The Labute approximate surface area is 361 Å². The van der Waals surface area contributed by atoms with Gasteiger partial charge in [0.05, 0.1) is 0 Å². The van der Waals surface area contributed by atoms with Crippen LogP contribution in [0.15, 0.2) is 181 Å². The minimum absolute atomic E-state index is 0.0425. The summed E-state index contributed by atoms with van der Waals surface area (Å²) in [6.45, 7) is 47.4. The topological polar surface area (TPSA) is 15.3 Å². The van der Waals surface area contributed by atoms with Crippen LogP contribution in [0.25, 0.3) is 0 Å². The van der Waals surface area contributed by atoms with Crippen LogP contribution in [-0.4, -0.2) is 6.54 Å². The molecule has 0 aromatic heterocycles. The molecule has 0 bridgehead atoms. The van der Waals surface area contributed by atoms with E-state index in [4.69, 9.17) is 0 Å². The van der Waals surface area contributed by atoms with Gasteiger partial charge in [-0.25, -0.2) is 0 Å². The van der Waals surface area contributed by atoms with E-state index in [1.807, 2.05) is 12.2 Å². The molecule has 1 N–H and O–H groups in total. The first-order chi connectivity index (χ1) is 27.4. The summed E-state index contributed by atoms with van der Waals surface area (Å²) in [5.74, 6) is 0. The summed E-state index contributed by atoms with van der Waals surface area (Å²) in [5, 5.41) is 3.48. The molecule has 2 heteroatoms. The lowest BCUT2D eigenvalue weighted by atomic mass is 9.84. The van der Waals surface area contributed by atoms with E-state index in [1.165, 1.54) is 27.8 Å². The molecule has 0 saturated heterocycles. The third-order valence-electron chi connectivity index (χ3n) is 10.7. The van der Waals surface area contributed by atoms with Crippen molar-refractivity contribution in [2.45, 2.75) is 126 Å². The molecule has 314 valence electrons. The van der Waals surface area contributed by atoms with Crippen molar-refractivity contribution in [2.24, 2.45) is 5.41 Å². The molecule has 2 nitrogen and oxygen atoms in total. The van der Waals surface area contributed by atoms with Crippen LogP contribution in [-0.2, 0) is 22.7 Å². The van der Waals surface area contributed by atoms with Gasteiger partial charge in [0, 0.05) is 29.8 Å². The zero-order valence-electron chi connectivity index (χ0n) is 39.2. The van der Waals surface area contributed by atoms with E-state index < -0.39 is 0 Å². The first-order valence-electron chi connectivity index (χ1n) is 21.4. The van der Waals surface area contributed by atoms with Gasteiger partial charge in [0.25, 0.3) is 0 Å². The van der Waals surface area contributed by atoms with Gasteiger partial charge in [-0.15, -0.1) is 0 Å². The van der Waals surface area contributed by atoms with Crippen molar-refractivity contribution in [1.82, 2.24) is 5.32 Å². The van der Waals surface area contributed by atoms with Crippen LogP contribution < -0.4 is 10.2 Å². The van der Waals surface area contributed by atoms with Gasteiger partial charge in [-0.2, -0.15) is 0 Å². The largest absolute Gasteiger partial charge is 0.386 e. The minimum atomic E-state index is 0.0425. The number of nitrogens with one attached hydrogen (secondary N) is 1. The molecule has 0 radical (unpaired) electrons. The molecule has 0 aliphatic heterocycles. The zero-order valence-corrected chi connectivity index (χ0v) is 39.2. The fourth-order valence-corrected chi connectivity index (χ4v) is 6.40. The van der Waals surface area contributed by atoms with Crippen LogP contribution in [0.3, 0.4) is 0 Å². The summed E-state index contributed by atoms with van der Waals surface area (Å²) in [4.78, 5) is 2.24. The third kappa shape index (κ3) is 15.6. The number of rotatable bonds is 17. The fraction of sp³-hybridized carbons (Fsp3) is 0.368. The van der Waals surface area contributed by atoms with Crippen LogP contribution in [0.1, 0.15) is 125 Å². The summed E-state index contributed by atoms with van der Waals surface area (Å²) < 4.78 is 0. The highest BCUT2D eigenvalue weighted by atomic mass is 15.1. The van der Waals surface area contributed by atoms with Gasteiger partial charge in [0.2, 0.25) is 0 Å². The lowest BCUT2D eigenvalue weighted by molar-refractivity contribution is 0.515. The molecule has 0 amide bonds. The molecule has 0 unspecified atom stereocenters. The van der Waals surface area contributed by atoms with Gasteiger partial charge >= 0.3 is 0 Å². The molecular weight excluding hydrogens is 713 g/mol. The predicted octanol–water partition coefficient (Wildman–Crippen LogP) is 16.1. The molecule has 3 aromatic carbocycles. The Hall–Kier alpha value is -5.08. The number of benzene rings is 3. The number of hydrogen-bond donors (Lipinski definition) is 1. The maximum atomic E-state index is 4.44. The smallest absolute Gasteiger partial charge is 0.0455 e. The maximum Gasteiger partial charge on any atom is 0.0455 e. The Kier molecular flexibility index (Phi) is 17.0.